The van der Waals surface area contributed by atoms with Crippen LogP contribution in [0.5, 0.6) is 0 Å². The fourth-order valence-corrected chi connectivity index (χ4v) is 13.1. The third kappa shape index (κ3) is 15.4. The highest BCUT2D eigenvalue weighted by Gasteiger charge is 2.53. The largest absolute Gasteiger partial charge is 0.459 e. The van der Waals surface area contributed by atoms with Gasteiger partial charge in [0.2, 0.25) is 0 Å². The van der Waals surface area contributed by atoms with E-state index < -0.39 is 102 Å². The molecule has 1 saturated carbocycles. The molecule has 0 amide bonds. The van der Waals surface area contributed by atoms with Gasteiger partial charge < -0.3 is 63.8 Å². The number of carbonyl (C=O) groups is 1. The molecule has 4 aliphatic rings. The molecule has 7 rings (SSSR count). The molecule has 20 heteroatoms. The van der Waals surface area contributed by atoms with Crippen molar-refractivity contribution in [1.29, 1.82) is 0 Å². The first-order chi connectivity index (χ1) is 37.3. The average molecular weight is 1110 g/mol. The highest BCUT2D eigenvalue weighted by atomic mass is 16.7. The van der Waals surface area contributed by atoms with E-state index in [9.17, 15) is 30.3 Å². The van der Waals surface area contributed by atoms with Crippen molar-refractivity contribution in [3.63, 3.8) is 0 Å². The number of esters is 1. The fourth-order valence-electron chi connectivity index (χ4n) is 13.1. The second-order valence-electron chi connectivity index (χ2n) is 25.0. The number of rotatable bonds is 17. The monoisotopic (exact) mass is 1110 g/mol. The Kier molecular flexibility index (Phi) is 21.8. The number of benzene rings is 1. The molecule has 3 aliphatic heterocycles. The number of hydrogen-bond donors (Lipinski definition) is 5. The summed E-state index contributed by atoms with van der Waals surface area (Å²) < 4.78 is 42.3. The minimum atomic E-state index is -1.83. The molecule has 3 aromatic rings. The third-order valence-corrected chi connectivity index (χ3v) is 18.3. The highest BCUT2D eigenvalue weighted by Crippen LogP contribution is 2.41. The van der Waals surface area contributed by atoms with Gasteiger partial charge in [-0.15, -0.1) is 10.2 Å². The molecule has 4 fully saturated rings. The molecule has 0 spiro atoms. The summed E-state index contributed by atoms with van der Waals surface area (Å²) >= 11 is 0. The number of ether oxygens (including phenoxy) is 6. The van der Waals surface area contributed by atoms with E-state index in [1.165, 1.54) is 51.7 Å². The Labute approximate surface area is 469 Å². The van der Waals surface area contributed by atoms with Crippen LogP contribution in [0.3, 0.4) is 0 Å². The molecular formula is C59H98N8O12. The quantitative estimate of drug-likeness (QED) is 0.0798. The summed E-state index contributed by atoms with van der Waals surface area (Å²) in [7, 11) is 5.33. The van der Waals surface area contributed by atoms with Crippen molar-refractivity contribution in [3.05, 3.63) is 53.6 Å². The van der Waals surface area contributed by atoms with Crippen LogP contribution in [0.15, 0.2) is 36.7 Å². The number of likely N-dealkylation sites (N-methyl/N-ethyl adjacent to an activating group) is 2. The van der Waals surface area contributed by atoms with E-state index >= 15 is 0 Å². The van der Waals surface area contributed by atoms with Crippen LogP contribution in [0.25, 0.3) is 5.69 Å². The topological polar surface area (TPSA) is 242 Å². The number of aliphatic hydroxyl groups is 5. The van der Waals surface area contributed by atoms with Gasteiger partial charge in [-0.3, -0.25) is 9.48 Å². The van der Waals surface area contributed by atoms with Gasteiger partial charge in [0.25, 0.3) is 0 Å². The summed E-state index contributed by atoms with van der Waals surface area (Å²) in [6.07, 6.45) is 4.93. The van der Waals surface area contributed by atoms with Crippen molar-refractivity contribution < 1.29 is 58.7 Å². The Balaban J connectivity index is 1.02. The minimum absolute atomic E-state index is 0.109. The summed E-state index contributed by atoms with van der Waals surface area (Å²) in [4.78, 5) is 18.6. The van der Waals surface area contributed by atoms with Crippen LogP contribution >= 0.6 is 0 Å². The van der Waals surface area contributed by atoms with Gasteiger partial charge in [0.15, 0.2) is 12.6 Å². The first kappa shape index (κ1) is 63.1. The molecule has 3 saturated heterocycles. The molecule has 20 nitrogen and oxygen atoms in total. The van der Waals surface area contributed by atoms with Gasteiger partial charge in [0, 0.05) is 69.7 Å². The predicted molar refractivity (Wildman–Crippen MR) is 297 cm³/mol. The number of nitrogens with zero attached hydrogens (tertiary/aromatic N) is 8. The van der Waals surface area contributed by atoms with Gasteiger partial charge in [-0.25, -0.2) is 4.68 Å². The summed E-state index contributed by atoms with van der Waals surface area (Å²) in [6.45, 7) is 19.4. The zero-order valence-electron chi connectivity index (χ0n) is 49.7. The van der Waals surface area contributed by atoms with Gasteiger partial charge in [0.1, 0.15) is 30.0 Å². The number of carbonyl (C=O) groups excluding carboxylic acids is 1. The van der Waals surface area contributed by atoms with Crippen LogP contribution in [0.4, 0.5) is 0 Å². The van der Waals surface area contributed by atoms with E-state index in [0.29, 0.717) is 31.8 Å². The van der Waals surface area contributed by atoms with Crippen LogP contribution in [0.2, 0.25) is 0 Å². The maximum absolute atomic E-state index is 14.5. The summed E-state index contributed by atoms with van der Waals surface area (Å²) in [5.41, 5.74) is -0.266. The summed E-state index contributed by atoms with van der Waals surface area (Å²) in [5, 5.41) is 77.8. The molecule has 79 heavy (non-hydrogen) atoms. The molecular weight excluding hydrogens is 1010 g/mol. The van der Waals surface area contributed by atoms with Gasteiger partial charge in [-0.2, -0.15) is 0 Å². The van der Waals surface area contributed by atoms with Crippen molar-refractivity contribution in [2.24, 2.45) is 17.8 Å². The van der Waals surface area contributed by atoms with Crippen molar-refractivity contribution in [1.82, 2.24) is 39.8 Å². The Hall–Kier alpha value is -3.51. The van der Waals surface area contributed by atoms with Crippen molar-refractivity contribution in [3.8, 4) is 5.69 Å². The van der Waals surface area contributed by atoms with E-state index in [1.807, 2.05) is 62.3 Å². The normalized spacial score (nSPS) is 38.1. The smallest absolute Gasteiger partial charge is 0.311 e. The van der Waals surface area contributed by atoms with Crippen molar-refractivity contribution >= 4 is 5.97 Å². The lowest BCUT2D eigenvalue weighted by Gasteiger charge is -2.49. The fraction of sp³-hybridized carbons (Fsp3) is 0.814. The molecule has 1 aliphatic carbocycles. The first-order valence-electron chi connectivity index (χ1n) is 29.5. The zero-order valence-corrected chi connectivity index (χ0v) is 49.7. The molecule has 0 unspecified atom stereocenters. The molecule has 446 valence electrons. The van der Waals surface area contributed by atoms with E-state index in [0.717, 1.165) is 42.9 Å². The SMILES string of the molecule is CC[C@H]1OC(=O)[C@H](C)[C@@H](O[C@H]2C[C@@](C)(OC)[C@@H](O)[C@H](C)O2)[C@H](C)[C@@H](O[C@@H]2O[C@H](C)C[C@H](N(C)CCc3cn(CCCCc4ccc(-n5cc(C6CCCCC6)nn5)cc4)nn3)[C@H]2O)[C@](C)(O)C[C@@H](C)CN(C)[C@H](C)[C@@H](O)[C@]1(C)O. The Bertz CT molecular complexity index is 2350. The van der Waals surface area contributed by atoms with Crippen molar-refractivity contribution in [2.45, 2.75) is 255 Å². The standard InChI is InChI=1S/C59H98N8O12/c1-14-48-59(10,73)52(69)40(6)65(12)33-36(2)31-57(8,72)54(38(4)51(39(5)55(71)77-48)78-49-32-58(9,74-13)53(70)41(7)76-49)79-56-50(68)47(30-37(3)75-56)64(11)29-27-44-34-66(62-60-44)28-19-18-20-42-23-25-45(26-24-42)67-35-46(61-63-67)43-21-16-15-17-22-43/h23-26,34-41,43,47-54,56,68-70,72-73H,14-22,27-33H2,1-13H3/t36-,37-,38+,39-,40-,41+,47+,48-,49+,50-,51+,52-,53+,54-,56+,57-,58-,59-/m1/s1. The molecule has 0 bridgehead atoms. The molecule has 5 heterocycles. The van der Waals surface area contributed by atoms with Gasteiger partial charge in [0.05, 0.1) is 64.8 Å². The van der Waals surface area contributed by atoms with Gasteiger partial charge in [-0.05, 0) is 138 Å². The van der Waals surface area contributed by atoms with Crippen LogP contribution in [-0.2, 0) is 52.6 Å². The lowest BCUT2D eigenvalue weighted by Crippen LogP contribution is -2.61. The number of aryl methyl sites for hydroxylation is 2. The Morgan fingerprint density at radius 2 is 1.57 bits per heavy atom. The lowest BCUT2D eigenvalue weighted by atomic mass is 9.77. The number of cyclic esters (lactones) is 1. The summed E-state index contributed by atoms with van der Waals surface area (Å²) in [5.74, 6) is -2.22. The zero-order chi connectivity index (χ0) is 57.6. The van der Waals surface area contributed by atoms with E-state index in [4.69, 9.17) is 28.4 Å². The van der Waals surface area contributed by atoms with E-state index in [1.54, 1.807) is 34.6 Å². The van der Waals surface area contributed by atoms with Crippen LogP contribution < -0.4 is 0 Å². The van der Waals surface area contributed by atoms with E-state index in [-0.39, 0.29) is 31.3 Å². The molecule has 2 aromatic heterocycles. The first-order valence-corrected chi connectivity index (χ1v) is 29.5. The van der Waals surface area contributed by atoms with Crippen molar-refractivity contribution in [2.75, 3.05) is 34.3 Å². The number of hydrogen-bond acceptors (Lipinski definition) is 18. The Morgan fingerprint density at radius 1 is 0.861 bits per heavy atom. The predicted octanol–water partition coefficient (Wildman–Crippen LogP) is 5.76. The maximum atomic E-state index is 14.5. The Morgan fingerprint density at radius 3 is 2.25 bits per heavy atom. The van der Waals surface area contributed by atoms with E-state index in [2.05, 4.69) is 56.0 Å². The maximum Gasteiger partial charge on any atom is 0.311 e. The number of unbranched alkanes of at least 4 members (excludes halogenated alkanes) is 1. The highest BCUT2D eigenvalue weighted by molar-refractivity contribution is 5.73. The molecule has 5 N–H and O–H groups in total. The van der Waals surface area contributed by atoms with Crippen LogP contribution in [0.1, 0.15) is 163 Å². The second kappa shape index (κ2) is 27.3. The molecule has 0 radical (unpaired) electrons. The molecule has 18 atom stereocenters. The minimum Gasteiger partial charge on any atom is -0.459 e. The van der Waals surface area contributed by atoms with Crippen LogP contribution in [-0.4, -0.2) is 196 Å². The van der Waals surface area contributed by atoms with Gasteiger partial charge in [-0.1, -0.05) is 62.6 Å². The van der Waals surface area contributed by atoms with Gasteiger partial charge >= 0.3 is 5.97 Å². The third-order valence-electron chi connectivity index (χ3n) is 18.3. The molecule has 1 aromatic carbocycles. The number of aromatic nitrogens is 6. The number of aliphatic hydroxyl groups excluding tert-OH is 3. The average Bonchev–Trinajstić information content (AvgIpc) is 4.18. The van der Waals surface area contributed by atoms with Crippen LogP contribution in [0, 0.1) is 17.8 Å². The number of methoxy groups -OCH3 is 1. The lowest BCUT2D eigenvalue weighted by molar-refractivity contribution is -0.318. The second-order valence-corrected chi connectivity index (χ2v) is 25.0. The summed E-state index contributed by atoms with van der Waals surface area (Å²) in [6, 6.07) is 7.62.